The molecule has 2 fully saturated rings. The molecule has 0 aromatic carbocycles. The van der Waals surface area contributed by atoms with E-state index in [0.29, 0.717) is 0 Å². The van der Waals surface area contributed by atoms with Crippen molar-refractivity contribution in [1.82, 2.24) is 14.9 Å². The first kappa shape index (κ1) is 12.7. The smallest absolute Gasteiger partial charge is 0.225 e. The zero-order valence-electron chi connectivity index (χ0n) is 11.6. The predicted molar refractivity (Wildman–Crippen MR) is 74.6 cm³/mol. The normalized spacial score (nSPS) is 21.8. The number of methoxy groups -OCH3 is 1. The molecule has 1 aromatic heterocycles. The number of hydrogen-bond acceptors (Lipinski definition) is 5. The van der Waals surface area contributed by atoms with E-state index in [1.54, 1.807) is 19.5 Å². The summed E-state index contributed by atoms with van der Waals surface area (Å²) < 4.78 is 5.09. The molecule has 2 aliphatic heterocycles. The molecule has 3 heterocycles. The number of nitrogens with zero attached hydrogens (tertiary/aromatic N) is 4. The van der Waals surface area contributed by atoms with Crippen molar-refractivity contribution in [2.45, 2.75) is 31.7 Å². The Morgan fingerprint density at radius 1 is 1.05 bits per heavy atom. The Kier molecular flexibility index (Phi) is 3.82. The number of anilines is 1. The van der Waals surface area contributed by atoms with Gasteiger partial charge in [0, 0.05) is 19.1 Å². The summed E-state index contributed by atoms with van der Waals surface area (Å²) in [5.41, 5.74) is 0. The van der Waals surface area contributed by atoms with Crippen LogP contribution >= 0.6 is 0 Å². The second kappa shape index (κ2) is 5.74. The second-order valence-electron chi connectivity index (χ2n) is 5.38. The first-order valence-corrected chi connectivity index (χ1v) is 7.22. The van der Waals surface area contributed by atoms with Gasteiger partial charge in [-0.25, -0.2) is 9.97 Å². The Labute approximate surface area is 114 Å². The van der Waals surface area contributed by atoms with Crippen molar-refractivity contribution < 1.29 is 4.74 Å². The Morgan fingerprint density at radius 2 is 1.68 bits per heavy atom. The van der Waals surface area contributed by atoms with Crippen LogP contribution in [0.1, 0.15) is 25.7 Å². The Balaban J connectivity index is 1.56. The van der Waals surface area contributed by atoms with Gasteiger partial charge in [-0.05, 0) is 38.8 Å². The van der Waals surface area contributed by atoms with E-state index in [9.17, 15) is 0 Å². The summed E-state index contributed by atoms with van der Waals surface area (Å²) in [4.78, 5) is 13.7. The Hall–Kier alpha value is -1.36. The highest BCUT2D eigenvalue weighted by atomic mass is 16.5. The van der Waals surface area contributed by atoms with E-state index >= 15 is 0 Å². The summed E-state index contributed by atoms with van der Waals surface area (Å²) >= 11 is 0. The average molecular weight is 262 g/mol. The molecule has 2 saturated heterocycles. The summed E-state index contributed by atoms with van der Waals surface area (Å²) in [5, 5.41) is 0. The zero-order valence-corrected chi connectivity index (χ0v) is 11.6. The molecule has 0 unspecified atom stereocenters. The van der Waals surface area contributed by atoms with Crippen LogP contribution in [-0.4, -0.2) is 54.2 Å². The first-order valence-electron chi connectivity index (χ1n) is 7.22. The molecule has 19 heavy (non-hydrogen) atoms. The highest BCUT2D eigenvalue weighted by molar-refractivity contribution is 5.32. The number of ether oxygens (including phenoxy) is 1. The summed E-state index contributed by atoms with van der Waals surface area (Å²) in [6, 6.07) is 0.775. The zero-order chi connectivity index (χ0) is 13.1. The van der Waals surface area contributed by atoms with E-state index < -0.39 is 0 Å². The molecule has 0 aliphatic carbocycles. The molecule has 0 bridgehead atoms. The van der Waals surface area contributed by atoms with Gasteiger partial charge in [0.1, 0.15) is 0 Å². The minimum Gasteiger partial charge on any atom is -0.494 e. The maximum absolute atomic E-state index is 5.09. The molecular formula is C14H22N4O. The van der Waals surface area contributed by atoms with Gasteiger partial charge in [-0.2, -0.15) is 0 Å². The van der Waals surface area contributed by atoms with Gasteiger partial charge in [0.15, 0.2) is 5.75 Å². The molecule has 0 atom stereocenters. The quantitative estimate of drug-likeness (QED) is 0.826. The monoisotopic (exact) mass is 262 g/mol. The number of hydrogen-bond donors (Lipinski definition) is 0. The Bertz CT molecular complexity index is 394. The van der Waals surface area contributed by atoms with Gasteiger partial charge in [0.25, 0.3) is 0 Å². The third kappa shape index (κ3) is 2.81. The van der Waals surface area contributed by atoms with Crippen LogP contribution in [0.15, 0.2) is 12.4 Å². The first-order chi connectivity index (χ1) is 9.36. The number of rotatable bonds is 3. The van der Waals surface area contributed by atoms with E-state index in [2.05, 4.69) is 19.8 Å². The summed E-state index contributed by atoms with van der Waals surface area (Å²) in [5.74, 6) is 1.55. The third-order valence-electron chi connectivity index (χ3n) is 4.25. The number of aromatic nitrogens is 2. The Morgan fingerprint density at radius 3 is 2.26 bits per heavy atom. The van der Waals surface area contributed by atoms with Crippen molar-refractivity contribution in [3.8, 4) is 5.75 Å². The van der Waals surface area contributed by atoms with Gasteiger partial charge in [-0.3, -0.25) is 0 Å². The molecule has 0 amide bonds. The van der Waals surface area contributed by atoms with E-state index in [1.165, 1.54) is 38.8 Å². The SMILES string of the molecule is COc1cnc(N2CCC(N3CCCC3)CC2)nc1. The van der Waals surface area contributed by atoms with E-state index in [4.69, 9.17) is 4.74 Å². The van der Waals surface area contributed by atoms with Crippen LogP contribution in [0.4, 0.5) is 5.95 Å². The van der Waals surface area contributed by atoms with Crippen molar-refractivity contribution in [1.29, 1.82) is 0 Å². The van der Waals surface area contributed by atoms with Crippen LogP contribution in [-0.2, 0) is 0 Å². The van der Waals surface area contributed by atoms with Gasteiger partial charge in [0.05, 0.1) is 19.5 Å². The van der Waals surface area contributed by atoms with Crippen molar-refractivity contribution in [3.63, 3.8) is 0 Å². The molecule has 5 nitrogen and oxygen atoms in total. The lowest BCUT2D eigenvalue weighted by molar-refractivity contribution is 0.207. The predicted octanol–water partition coefficient (Wildman–Crippen LogP) is 1.55. The lowest BCUT2D eigenvalue weighted by atomic mass is 10.0. The number of likely N-dealkylation sites (tertiary alicyclic amines) is 1. The lowest BCUT2D eigenvalue weighted by Crippen LogP contribution is -2.44. The fraction of sp³-hybridized carbons (Fsp3) is 0.714. The van der Waals surface area contributed by atoms with E-state index in [1.807, 2.05) is 0 Å². The largest absolute Gasteiger partial charge is 0.494 e. The van der Waals surface area contributed by atoms with Crippen LogP contribution in [0.5, 0.6) is 5.75 Å². The van der Waals surface area contributed by atoms with Crippen molar-refractivity contribution in [2.24, 2.45) is 0 Å². The summed E-state index contributed by atoms with van der Waals surface area (Å²) in [6.07, 6.45) is 8.71. The van der Waals surface area contributed by atoms with Gasteiger partial charge >= 0.3 is 0 Å². The van der Waals surface area contributed by atoms with Gasteiger partial charge in [-0.15, -0.1) is 0 Å². The third-order valence-corrected chi connectivity index (χ3v) is 4.25. The maximum Gasteiger partial charge on any atom is 0.225 e. The van der Waals surface area contributed by atoms with Gasteiger partial charge in [0.2, 0.25) is 5.95 Å². The number of piperidine rings is 1. The molecule has 0 N–H and O–H groups in total. The minimum absolute atomic E-state index is 0.718. The molecule has 0 saturated carbocycles. The second-order valence-corrected chi connectivity index (χ2v) is 5.38. The van der Waals surface area contributed by atoms with Crippen LogP contribution in [0.25, 0.3) is 0 Å². The molecule has 3 rings (SSSR count). The molecule has 104 valence electrons. The fourth-order valence-electron chi connectivity index (χ4n) is 3.12. The molecule has 5 heteroatoms. The highest BCUT2D eigenvalue weighted by Crippen LogP contribution is 2.23. The van der Waals surface area contributed by atoms with Crippen LogP contribution in [0, 0.1) is 0 Å². The van der Waals surface area contributed by atoms with Crippen LogP contribution in [0.3, 0.4) is 0 Å². The molecular weight excluding hydrogens is 240 g/mol. The molecule has 0 radical (unpaired) electrons. The summed E-state index contributed by atoms with van der Waals surface area (Å²) in [6.45, 7) is 4.72. The van der Waals surface area contributed by atoms with Gasteiger partial charge in [-0.1, -0.05) is 0 Å². The van der Waals surface area contributed by atoms with Crippen molar-refractivity contribution >= 4 is 5.95 Å². The van der Waals surface area contributed by atoms with E-state index in [0.717, 1.165) is 30.8 Å². The maximum atomic E-state index is 5.09. The van der Waals surface area contributed by atoms with Crippen LogP contribution in [0.2, 0.25) is 0 Å². The molecule has 1 aromatic rings. The topological polar surface area (TPSA) is 41.5 Å². The fourth-order valence-corrected chi connectivity index (χ4v) is 3.12. The summed E-state index contributed by atoms with van der Waals surface area (Å²) in [7, 11) is 1.64. The standard InChI is InChI=1S/C14H22N4O/c1-19-13-10-15-14(16-11-13)18-8-4-12(5-9-18)17-6-2-3-7-17/h10-12H,2-9H2,1H3. The van der Waals surface area contributed by atoms with Crippen molar-refractivity contribution in [3.05, 3.63) is 12.4 Å². The van der Waals surface area contributed by atoms with Crippen molar-refractivity contribution in [2.75, 3.05) is 38.2 Å². The molecule has 0 spiro atoms. The lowest BCUT2D eigenvalue weighted by Gasteiger charge is -2.36. The van der Waals surface area contributed by atoms with Gasteiger partial charge < -0.3 is 14.5 Å². The average Bonchev–Trinajstić information content (AvgIpc) is 3.02. The minimum atomic E-state index is 0.718. The van der Waals surface area contributed by atoms with Crippen LogP contribution < -0.4 is 9.64 Å². The highest BCUT2D eigenvalue weighted by Gasteiger charge is 2.27. The van der Waals surface area contributed by atoms with E-state index in [-0.39, 0.29) is 0 Å². The molecule has 2 aliphatic rings.